The highest BCUT2D eigenvalue weighted by molar-refractivity contribution is 5.86. The molecular weight excluding hydrogens is 304 g/mol. The number of rotatable bonds is 7. The number of aliphatic imine (C=N–C) groups is 1. The maximum absolute atomic E-state index is 11.9. The molecule has 2 heterocycles. The fraction of sp³-hybridized carbons (Fsp3) is 0.667. The average Bonchev–Trinajstić information content (AvgIpc) is 3.27. The van der Waals surface area contributed by atoms with E-state index in [4.69, 9.17) is 4.42 Å². The van der Waals surface area contributed by atoms with Gasteiger partial charge < -0.3 is 20.0 Å². The second-order valence-corrected chi connectivity index (χ2v) is 6.33. The second kappa shape index (κ2) is 9.35. The number of amides is 1. The molecule has 1 saturated heterocycles. The third kappa shape index (κ3) is 5.01. The number of hydrogen-bond donors (Lipinski definition) is 2. The smallest absolute Gasteiger partial charge is 0.239 e. The van der Waals surface area contributed by atoms with Gasteiger partial charge in [-0.05, 0) is 30.4 Å². The monoisotopic (exact) mass is 334 g/mol. The minimum absolute atomic E-state index is 0.0664. The van der Waals surface area contributed by atoms with E-state index in [9.17, 15) is 4.79 Å². The van der Waals surface area contributed by atoms with E-state index in [1.807, 2.05) is 12.1 Å². The van der Waals surface area contributed by atoms with Crippen molar-refractivity contribution in [3.05, 3.63) is 24.2 Å². The Balaban J connectivity index is 1.75. The molecule has 1 aliphatic heterocycles. The van der Waals surface area contributed by atoms with Crippen molar-refractivity contribution in [2.24, 2.45) is 16.8 Å². The van der Waals surface area contributed by atoms with Gasteiger partial charge in [-0.2, -0.15) is 0 Å². The van der Waals surface area contributed by atoms with Crippen LogP contribution in [0.1, 0.15) is 38.9 Å². The van der Waals surface area contributed by atoms with E-state index >= 15 is 0 Å². The largest absolute Gasteiger partial charge is 0.467 e. The number of nitrogens with zero attached hydrogens (tertiary/aromatic N) is 2. The third-order valence-electron chi connectivity index (χ3n) is 4.90. The molecule has 6 heteroatoms. The fourth-order valence-corrected chi connectivity index (χ4v) is 3.47. The zero-order chi connectivity index (χ0) is 17.4. The van der Waals surface area contributed by atoms with Crippen LogP contribution in [0, 0.1) is 11.8 Å². The number of guanidine groups is 1. The van der Waals surface area contributed by atoms with Gasteiger partial charge in [0.2, 0.25) is 5.91 Å². The van der Waals surface area contributed by atoms with E-state index in [2.05, 4.69) is 34.4 Å². The van der Waals surface area contributed by atoms with Crippen LogP contribution in [0.5, 0.6) is 0 Å². The number of likely N-dealkylation sites (tertiary alicyclic amines) is 1. The molecule has 134 valence electrons. The van der Waals surface area contributed by atoms with Crippen molar-refractivity contribution in [1.29, 1.82) is 0 Å². The summed E-state index contributed by atoms with van der Waals surface area (Å²) >= 11 is 0. The minimum atomic E-state index is -0.0664. The van der Waals surface area contributed by atoms with Gasteiger partial charge in [0.15, 0.2) is 5.96 Å². The van der Waals surface area contributed by atoms with Crippen LogP contribution in [-0.4, -0.2) is 43.4 Å². The van der Waals surface area contributed by atoms with Gasteiger partial charge in [-0.3, -0.25) is 9.79 Å². The number of furan rings is 1. The van der Waals surface area contributed by atoms with Crippen LogP contribution in [0.25, 0.3) is 0 Å². The summed E-state index contributed by atoms with van der Waals surface area (Å²) in [7, 11) is 1.77. The Morgan fingerprint density at radius 1 is 1.42 bits per heavy atom. The van der Waals surface area contributed by atoms with Gasteiger partial charge >= 0.3 is 0 Å². The number of carbonyl (C=O) groups is 1. The molecule has 24 heavy (non-hydrogen) atoms. The molecule has 1 amide bonds. The van der Waals surface area contributed by atoms with E-state index in [-0.39, 0.29) is 12.5 Å². The summed E-state index contributed by atoms with van der Waals surface area (Å²) in [6, 6.07) is 3.65. The van der Waals surface area contributed by atoms with Crippen LogP contribution in [-0.2, 0) is 11.3 Å². The van der Waals surface area contributed by atoms with Crippen LogP contribution in [0.3, 0.4) is 0 Å². The third-order valence-corrected chi connectivity index (χ3v) is 4.90. The van der Waals surface area contributed by atoms with Gasteiger partial charge in [-0.25, -0.2) is 0 Å². The van der Waals surface area contributed by atoms with Crippen molar-refractivity contribution in [2.75, 3.05) is 26.7 Å². The Morgan fingerprint density at radius 3 is 2.83 bits per heavy atom. The van der Waals surface area contributed by atoms with Crippen molar-refractivity contribution >= 4 is 11.9 Å². The van der Waals surface area contributed by atoms with Crippen LogP contribution in [0.15, 0.2) is 27.8 Å². The highest BCUT2D eigenvalue weighted by Crippen LogP contribution is 2.28. The van der Waals surface area contributed by atoms with Crippen molar-refractivity contribution in [2.45, 2.75) is 39.7 Å². The zero-order valence-corrected chi connectivity index (χ0v) is 15.0. The lowest BCUT2D eigenvalue weighted by Crippen LogP contribution is -2.44. The standard InChI is InChI=1S/C18H30N4O2/c1-4-14(5-2)15-8-9-22(13-15)18(19-3)21-12-17(23)20-11-16-7-6-10-24-16/h6-7,10,14-15H,4-5,8-9,11-13H2,1-3H3,(H,19,21)(H,20,23). The first-order valence-electron chi connectivity index (χ1n) is 8.92. The Hall–Kier alpha value is -1.98. The first-order valence-corrected chi connectivity index (χ1v) is 8.92. The van der Waals surface area contributed by atoms with Crippen LogP contribution < -0.4 is 10.6 Å². The highest BCUT2D eigenvalue weighted by atomic mass is 16.3. The van der Waals surface area contributed by atoms with Gasteiger partial charge in [0.25, 0.3) is 0 Å². The molecule has 0 spiro atoms. The molecule has 1 aliphatic rings. The molecule has 0 bridgehead atoms. The molecule has 1 unspecified atom stereocenters. The first-order chi connectivity index (χ1) is 11.7. The Bertz CT molecular complexity index is 523. The zero-order valence-electron chi connectivity index (χ0n) is 15.0. The highest BCUT2D eigenvalue weighted by Gasteiger charge is 2.29. The maximum atomic E-state index is 11.9. The average molecular weight is 334 g/mol. The summed E-state index contributed by atoms with van der Waals surface area (Å²) in [6.07, 6.45) is 5.27. The van der Waals surface area contributed by atoms with Gasteiger partial charge in [0, 0.05) is 20.1 Å². The molecule has 1 atom stereocenters. The van der Waals surface area contributed by atoms with E-state index in [1.54, 1.807) is 13.3 Å². The molecule has 6 nitrogen and oxygen atoms in total. The number of hydrogen-bond acceptors (Lipinski definition) is 3. The lowest BCUT2D eigenvalue weighted by atomic mass is 9.87. The molecule has 0 aliphatic carbocycles. The molecule has 0 aromatic carbocycles. The normalized spacial score (nSPS) is 18.2. The van der Waals surface area contributed by atoms with E-state index in [0.29, 0.717) is 6.54 Å². The number of carbonyl (C=O) groups excluding carboxylic acids is 1. The molecule has 1 aromatic heterocycles. The molecule has 0 radical (unpaired) electrons. The van der Waals surface area contributed by atoms with E-state index < -0.39 is 0 Å². The van der Waals surface area contributed by atoms with Crippen LogP contribution >= 0.6 is 0 Å². The lowest BCUT2D eigenvalue weighted by molar-refractivity contribution is -0.120. The lowest BCUT2D eigenvalue weighted by Gasteiger charge is -2.24. The summed E-state index contributed by atoms with van der Waals surface area (Å²) < 4.78 is 5.20. The Morgan fingerprint density at radius 2 is 2.21 bits per heavy atom. The molecule has 2 N–H and O–H groups in total. The van der Waals surface area contributed by atoms with Crippen molar-refractivity contribution in [3.8, 4) is 0 Å². The van der Waals surface area contributed by atoms with Gasteiger partial charge in [-0.15, -0.1) is 0 Å². The van der Waals surface area contributed by atoms with Crippen molar-refractivity contribution in [1.82, 2.24) is 15.5 Å². The molecular formula is C18H30N4O2. The summed E-state index contributed by atoms with van der Waals surface area (Å²) in [5.41, 5.74) is 0. The topological polar surface area (TPSA) is 69.9 Å². The molecule has 1 fully saturated rings. The summed E-state index contributed by atoms with van der Waals surface area (Å²) in [5.74, 6) is 3.01. The summed E-state index contributed by atoms with van der Waals surface area (Å²) in [5, 5.41) is 6.00. The van der Waals surface area contributed by atoms with Crippen molar-refractivity contribution < 1.29 is 9.21 Å². The molecule has 1 aromatic rings. The van der Waals surface area contributed by atoms with Crippen LogP contribution in [0.4, 0.5) is 0 Å². The SMILES string of the molecule is CCC(CC)C1CCN(C(=NC)NCC(=O)NCc2ccco2)C1. The van der Waals surface area contributed by atoms with Gasteiger partial charge in [0.05, 0.1) is 19.4 Å². The van der Waals surface area contributed by atoms with E-state index in [0.717, 1.165) is 36.6 Å². The number of nitrogens with one attached hydrogen (secondary N) is 2. The van der Waals surface area contributed by atoms with E-state index in [1.165, 1.54) is 19.3 Å². The summed E-state index contributed by atoms with van der Waals surface area (Å²) in [4.78, 5) is 18.5. The predicted octanol–water partition coefficient (Wildman–Crippen LogP) is 2.23. The first kappa shape index (κ1) is 18.4. The van der Waals surface area contributed by atoms with Crippen molar-refractivity contribution in [3.63, 3.8) is 0 Å². The predicted molar refractivity (Wildman–Crippen MR) is 95.7 cm³/mol. The van der Waals surface area contributed by atoms with Crippen LogP contribution in [0.2, 0.25) is 0 Å². The summed E-state index contributed by atoms with van der Waals surface area (Å²) in [6.45, 7) is 7.21. The fourth-order valence-electron chi connectivity index (χ4n) is 3.47. The van der Waals surface area contributed by atoms with Gasteiger partial charge in [-0.1, -0.05) is 26.7 Å². The molecule has 2 rings (SSSR count). The second-order valence-electron chi connectivity index (χ2n) is 6.33. The quantitative estimate of drug-likeness (QED) is 0.593. The minimum Gasteiger partial charge on any atom is -0.467 e. The Kier molecular flexibility index (Phi) is 7.15. The molecule has 0 saturated carbocycles. The maximum Gasteiger partial charge on any atom is 0.239 e. The van der Waals surface area contributed by atoms with Gasteiger partial charge in [0.1, 0.15) is 5.76 Å². The Labute approximate surface area is 144 Å².